The Kier molecular flexibility index (Phi) is 6.54. The van der Waals surface area contributed by atoms with Gasteiger partial charge in [0, 0.05) is 38.2 Å². The summed E-state index contributed by atoms with van der Waals surface area (Å²) < 4.78 is 0. The van der Waals surface area contributed by atoms with Crippen molar-refractivity contribution in [3.8, 4) is 0 Å². The Morgan fingerprint density at radius 3 is 3.00 bits per heavy atom. The molecule has 0 aromatic heterocycles. The summed E-state index contributed by atoms with van der Waals surface area (Å²) >= 11 is 1.27. The molecular weight excluding hydrogens is 240 g/mol. The second kappa shape index (κ2) is 7.68. The fraction of sp³-hybridized carbons (Fsp3) is 0.818. The van der Waals surface area contributed by atoms with Crippen LogP contribution < -0.4 is 5.32 Å². The van der Waals surface area contributed by atoms with Crippen molar-refractivity contribution < 1.29 is 14.7 Å². The Balaban J connectivity index is 2.17. The van der Waals surface area contributed by atoms with Gasteiger partial charge in [-0.15, -0.1) is 0 Å². The maximum Gasteiger partial charge on any atom is 0.223 e. The molecule has 0 bridgehead atoms. The van der Waals surface area contributed by atoms with Crippen molar-refractivity contribution in [3.63, 3.8) is 0 Å². The van der Waals surface area contributed by atoms with Gasteiger partial charge in [0.25, 0.3) is 0 Å². The van der Waals surface area contributed by atoms with Gasteiger partial charge < -0.3 is 15.3 Å². The molecule has 1 rings (SSSR count). The van der Waals surface area contributed by atoms with E-state index in [1.807, 2.05) is 4.90 Å². The first-order chi connectivity index (χ1) is 8.13. The minimum Gasteiger partial charge on any atom is -0.395 e. The molecule has 1 unspecified atom stereocenters. The number of hydrogen-bond donors (Lipinski definition) is 2. The van der Waals surface area contributed by atoms with E-state index in [1.54, 1.807) is 0 Å². The Bertz CT molecular complexity index is 273. The van der Waals surface area contributed by atoms with E-state index in [1.165, 1.54) is 18.7 Å². The first-order valence-electron chi connectivity index (χ1n) is 5.90. The largest absolute Gasteiger partial charge is 0.395 e. The van der Waals surface area contributed by atoms with E-state index < -0.39 is 0 Å². The van der Waals surface area contributed by atoms with E-state index in [-0.39, 0.29) is 22.9 Å². The van der Waals surface area contributed by atoms with Crippen LogP contribution in [-0.2, 0) is 9.59 Å². The Hall–Kier alpha value is -0.590. The predicted molar refractivity (Wildman–Crippen MR) is 67.8 cm³/mol. The fourth-order valence-electron chi connectivity index (χ4n) is 1.86. The lowest BCUT2D eigenvalue weighted by molar-refractivity contribution is -0.127. The number of carbonyl (C=O) groups is 2. The monoisotopic (exact) mass is 260 g/mol. The van der Waals surface area contributed by atoms with Crippen molar-refractivity contribution in [3.05, 3.63) is 0 Å². The molecule has 0 saturated carbocycles. The molecule has 5 nitrogen and oxygen atoms in total. The molecule has 1 aliphatic heterocycles. The molecule has 17 heavy (non-hydrogen) atoms. The van der Waals surface area contributed by atoms with Crippen LogP contribution >= 0.6 is 11.8 Å². The molecule has 0 aromatic rings. The van der Waals surface area contributed by atoms with Crippen molar-refractivity contribution in [1.82, 2.24) is 10.2 Å². The molecule has 0 aromatic carbocycles. The average molecular weight is 260 g/mol. The lowest BCUT2D eigenvalue weighted by atomic mass is 10.4. The Labute approximate surface area is 106 Å². The van der Waals surface area contributed by atoms with Crippen LogP contribution in [0, 0.1) is 0 Å². The van der Waals surface area contributed by atoms with Crippen molar-refractivity contribution in [1.29, 1.82) is 0 Å². The molecule has 0 radical (unpaired) electrons. The third-order valence-electron chi connectivity index (χ3n) is 2.58. The lowest BCUT2D eigenvalue weighted by Gasteiger charge is -2.16. The van der Waals surface area contributed by atoms with Crippen LogP contribution in [0.5, 0.6) is 0 Å². The highest BCUT2D eigenvalue weighted by Gasteiger charge is 2.30. The predicted octanol–water partition coefficient (Wildman–Crippen LogP) is -0.161. The zero-order chi connectivity index (χ0) is 12.7. The summed E-state index contributed by atoms with van der Waals surface area (Å²) in [7, 11) is 0. The molecule has 0 aliphatic carbocycles. The van der Waals surface area contributed by atoms with Gasteiger partial charge in [-0.3, -0.25) is 9.59 Å². The van der Waals surface area contributed by atoms with Crippen LogP contribution in [-0.4, -0.2) is 59.1 Å². The zero-order valence-corrected chi connectivity index (χ0v) is 11.0. The molecule has 1 amide bonds. The summed E-state index contributed by atoms with van der Waals surface area (Å²) in [5.74, 6) is 0.144. The number of nitrogens with zero attached hydrogens (tertiary/aromatic N) is 1. The minimum atomic E-state index is 0.0780. The molecule has 2 N–H and O–H groups in total. The van der Waals surface area contributed by atoms with Gasteiger partial charge in [0.1, 0.15) is 0 Å². The van der Waals surface area contributed by atoms with Crippen molar-refractivity contribution in [2.24, 2.45) is 0 Å². The van der Waals surface area contributed by atoms with Crippen LogP contribution in [0.2, 0.25) is 0 Å². The summed E-state index contributed by atoms with van der Waals surface area (Å²) in [6.07, 6.45) is 1.36. The highest BCUT2D eigenvalue weighted by atomic mass is 32.2. The third kappa shape index (κ3) is 5.52. The van der Waals surface area contributed by atoms with E-state index in [0.717, 1.165) is 19.5 Å². The number of aliphatic hydroxyl groups is 1. The number of thioether (sulfide) groups is 1. The summed E-state index contributed by atoms with van der Waals surface area (Å²) in [4.78, 5) is 24.4. The first-order valence-corrected chi connectivity index (χ1v) is 6.78. The maximum atomic E-state index is 11.6. The van der Waals surface area contributed by atoms with Gasteiger partial charge >= 0.3 is 0 Å². The number of rotatable bonds is 7. The summed E-state index contributed by atoms with van der Waals surface area (Å²) in [5, 5.41) is 11.9. The minimum absolute atomic E-state index is 0.0780. The molecule has 1 saturated heterocycles. The van der Waals surface area contributed by atoms with Crippen LogP contribution in [0.25, 0.3) is 0 Å². The van der Waals surface area contributed by atoms with Gasteiger partial charge in [0.15, 0.2) is 5.12 Å². The standard InChI is InChI=1S/C11H20N2O3S/c1-9(15)17-10-7-11(16)13(8-10)5-2-3-12-4-6-14/h10,12,14H,2-8H2,1H3. The molecule has 1 atom stereocenters. The van der Waals surface area contributed by atoms with Gasteiger partial charge in [0.2, 0.25) is 5.91 Å². The highest BCUT2D eigenvalue weighted by molar-refractivity contribution is 8.14. The van der Waals surface area contributed by atoms with E-state index in [2.05, 4.69) is 5.32 Å². The van der Waals surface area contributed by atoms with Gasteiger partial charge in [-0.25, -0.2) is 0 Å². The number of aliphatic hydroxyl groups excluding tert-OH is 1. The molecule has 98 valence electrons. The van der Waals surface area contributed by atoms with Crippen LogP contribution in [0.15, 0.2) is 0 Å². The zero-order valence-electron chi connectivity index (χ0n) is 10.1. The van der Waals surface area contributed by atoms with Gasteiger partial charge in [-0.05, 0) is 13.0 Å². The van der Waals surface area contributed by atoms with Crippen molar-refractivity contribution in [2.75, 3.05) is 32.8 Å². The average Bonchev–Trinajstić information content (AvgIpc) is 2.58. The van der Waals surface area contributed by atoms with Crippen molar-refractivity contribution in [2.45, 2.75) is 25.0 Å². The Morgan fingerprint density at radius 2 is 2.35 bits per heavy atom. The topological polar surface area (TPSA) is 69.6 Å². The van der Waals surface area contributed by atoms with Gasteiger partial charge in [-0.1, -0.05) is 11.8 Å². The fourth-order valence-corrected chi connectivity index (χ4v) is 2.81. The summed E-state index contributed by atoms with van der Waals surface area (Å²) in [5.41, 5.74) is 0. The first kappa shape index (κ1) is 14.5. The number of carbonyl (C=O) groups excluding carboxylic acids is 2. The Morgan fingerprint density at radius 1 is 1.59 bits per heavy atom. The van der Waals surface area contributed by atoms with Crippen LogP contribution in [0.3, 0.4) is 0 Å². The van der Waals surface area contributed by atoms with Crippen LogP contribution in [0.1, 0.15) is 19.8 Å². The lowest BCUT2D eigenvalue weighted by Crippen LogP contribution is -2.29. The van der Waals surface area contributed by atoms with Crippen molar-refractivity contribution >= 4 is 22.8 Å². The number of amides is 1. The van der Waals surface area contributed by atoms with Crippen LogP contribution in [0.4, 0.5) is 0 Å². The highest BCUT2D eigenvalue weighted by Crippen LogP contribution is 2.23. The maximum absolute atomic E-state index is 11.6. The molecule has 1 fully saturated rings. The molecule has 1 heterocycles. The molecule has 1 aliphatic rings. The number of likely N-dealkylation sites (tertiary alicyclic amines) is 1. The second-order valence-electron chi connectivity index (χ2n) is 4.10. The van der Waals surface area contributed by atoms with Gasteiger partial charge in [0.05, 0.1) is 6.61 Å². The second-order valence-corrected chi connectivity index (χ2v) is 5.58. The van der Waals surface area contributed by atoms with E-state index in [4.69, 9.17) is 5.11 Å². The summed E-state index contributed by atoms with van der Waals surface area (Å²) in [6.45, 7) is 4.48. The molecular formula is C11H20N2O3S. The normalized spacial score (nSPS) is 20.0. The molecule has 6 heteroatoms. The number of hydrogen-bond acceptors (Lipinski definition) is 5. The summed E-state index contributed by atoms with van der Waals surface area (Å²) in [6, 6.07) is 0. The smallest absolute Gasteiger partial charge is 0.223 e. The van der Waals surface area contributed by atoms with E-state index in [0.29, 0.717) is 19.5 Å². The quantitative estimate of drug-likeness (QED) is 0.623. The third-order valence-corrected chi connectivity index (χ3v) is 3.56. The van der Waals surface area contributed by atoms with Gasteiger partial charge in [-0.2, -0.15) is 0 Å². The number of nitrogens with one attached hydrogen (secondary N) is 1. The van der Waals surface area contributed by atoms with E-state index >= 15 is 0 Å². The van der Waals surface area contributed by atoms with E-state index in [9.17, 15) is 9.59 Å². The molecule has 0 spiro atoms. The SMILES string of the molecule is CC(=O)SC1CC(=O)N(CCCNCCO)C1.